The summed E-state index contributed by atoms with van der Waals surface area (Å²) in [4.78, 5) is 4.58. The molecule has 0 fully saturated rings. The summed E-state index contributed by atoms with van der Waals surface area (Å²) in [5, 5.41) is 15.8. The maximum atomic E-state index is 9.45. The topological polar surface area (TPSA) is 57.9 Å². The van der Waals surface area contributed by atoms with Gasteiger partial charge in [0.1, 0.15) is 22.4 Å². The van der Waals surface area contributed by atoms with Crippen molar-refractivity contribution in [2.75, 3.05) is 11.9 Å². The van der Waals surface area contributed by atoms with Crippen molar-refractivity contribution in [2.24, 2.45) is 0 Å². The minimum Gasteiger partial charge on any atom is -0.494 e. The van der Waals surface area contributed by atoms with Crippen LogP contribution < -0.4 is 10.1 Å². The van der Waals surface area contributed by atoms with Crippen LogP contribution in [0.2, 0.25) is 5.02 Å². The number of rotatable bonds is 6. The van der Waals surface area contributed by atoms with E-state index in [4.69, 9.17) is 16.3 Å². The molecular formula is C20H16ClN3OS. The van der Waals surface area contributed by atoms with Crippen molar-refractivity contribution in [3.05, 3.63) is 70.1 Å². The summed E-state index contributed by atoms with van der Waals surface area (Å²) in [5.74, 6) is 0.830. The monoisotopic (exact) mass is 381 g/mol. The SMILES string of the molecule is CCOc1ccc(-c2csc(/C(C#N)=C/Nc3ccc(Cl)cc3)n2)cc1. The Morgan fingerprint density at radius 3 is 2.62 bits per heavy atom. The van der Waals surface area contributed by atoms with E-state index < -0.39 is 0 Å². The average molecular weight is 382 g/mol. The normalized spacial score (nSPS) is 11.0. The number of thiazole rings is 1. The van der Waals surface area contributed by atoms with Gasteiger partial charge in [0.15, 0.2) is 0 Å². The highest BCUT2D eigenvalue weighted by atomic mass is 35.5. The zero-order chi connectivity index (χ0) is 18.4. The van der Waals surface area contributed by atoms with E-state index in [0.29, 0.717) is 22.2 Å². The molecule has 26 heavy (non-hydrogen) atoms. The molecule has 6 heteroatoms. The highest BCUT2D eigenvalue weighted by Gasteiger charge is 2.09. The summed E-state index contributed by atoms with van der Waals surface area (Å²) >= 11 is 7.31. The van der Waals surface area contributed by atoms with Crippen molar-refractivity contribution >= 4 is 34.2 Å². The first-order valence-corrected chi connectivity index (χ1v) is 9.27. The van der Waals surface area contributed by atoms with Gasteiger partial charge in [-0.15, -0.1) is 11.3 Å². The third kappa shape index (κ3) is 4.42. The smallest absolute Gasteiger partial charge is 0.136 e. The van der Waals surface area contributed by atoms with E-state index in [0.717, 1.165) is 22.7 Å². The molecule has 3 rings (SSSR count). The Labute approximate surface area is 161 Å². The number of aromatic nitrogens is 1. The summed E-state index contributed by atoms with van der Waals surface area (Å²) in [6.07, 6.45) is 1.66. The number of hydrogen-bond acceptors (Lipinski definition) is 5. The molecule has 130 valence electrons. The van der Waals surface area contributed by atoms with Crippen molar-refractivity contribution in [3.8, 4) is 23.1 Å². The van der Waals surface area contributed by atoms with Gasteiger partial charge in [0.2, 0.25) is 0 Å². The second kappa shape index (κ2) is 8.52. The first-order valence-electron chi connectivity index (χ1n) is 8.01. The second-order valence-electron chi connectivity index (χ2n) is 5.32. The van der Waals surface area contributed by atoms with Crippen LogP contribution in [-0.4, -0.2) is 11.6 Å². The Balaban J connectivity index is 1.77. The Kier molecular flexibility index (Phi) is 5.90. The minimum atomic E-state index is 0.474. The van der Waals surface area contributed by atoms with E-state index in [1.807, 2.05) is 48.7 Å². The highest BCUT2D eigenvalue weighted by Crippen LogP contribution is 2.27. The van der Waals surface area contributed by atoms with E-state index >= 15 is 0 Å². The molecule has 0 saturated heterocycles. The lowest BCUT2D eigenvalue weighted by Gasteiger charge is -2.03. The van der Waals surface area contributed by atoms with E-state index in [2.05, 4.69) is 16.4 Å². The molecule has 0 bridgehead atoms. The standard InChI is InChI=1S/C20H16ClN3OS/c1-2-25-18-9-3-14(4-10-18)19-13-26-20(24-19)15(11-22)12-23-17-7-5-16(21)6-8-17/h3-10,12-13,23H,2H2,1H3/b15-12+. The van der Waals surface area contributed by atoms with Crippen LogP contribution in [0.25, 0.3) is 16.8 Å². The van der Waals surface area contributed by atoms with Crippen LogP contribution in [0, 0.1) is 11.3 Å². The zero-order valence-electron chi connectivity index (χ0n) is 14.1. The summed E-state index contributed by atoms with van der Waals surface area (Å²) in [6.45, 7) is 2.59. The number of anilines is 1. The second-order valence-corrected chi connectivity index (χ2v) is 6.61. The molecule has 4 nitrogen and oxygen atoms in total. The molecule has 0 aliphatic carbocycles. The van der Waals surface area contributed by atoms with Crippen molar-refractivity contribution in [3.63, 3.8) is 0 Å². The fraction of sp³-hybridized carbons (Fsp3) is 0.100. The Bertz CT molecular complexity index is 940. The summed E-state index contributed by atoms with van der Waals surface area (Å²) in [7, 11) is 0. The number of nitriles is 1. The van der Waals surface area contributed by atoms with Gasteiger partial charge < -0.3 is 10.1 Å². The number of allylic oxidation sites excluding steroid dienone is 1. The van der Waals surface area contributed by atoms with Crippen molar-refractivity contribution in [1.82, 2.24) is 4.98 Å². The largest absolute Gasteiger partial charge is 0.494 e. The number of benzene rings is 2. The van der Waals surface area contributed by atoms with Crippen LogP contribution in [0.5, 0.6) is 5.75 Å². The number of halogens is 1. The number of ether oxygens (including phenoxy) is 1. The number of nitrogens with one attached hydrogen (secondary N) is 1. The Morgan fingerprint density at radius 1 is 1.23 bits per heavy atom. The third-order valence-corrected chi connectivity index (χ3v) is 4.67. The number of nitrogens with zero attached hydrogens (tertiary/aromatic N) is 2. The molecule has 2 aromatic carbocycles. The minimum absolute atomic E-state index is 0.474. The molecule has 0 amide bonds. The van der Waals surface area contributed by atoms with Crippen LogP contribution in [0.15, 0.2) is 60.1 Å². The van der Waals surface area contributed by atoms with Gasteiger partial charge in [0.05, 0.1) is 12.3 Å². The molecule has 1 heterocycles. The van der Waals surface area contributed by atoms with E-state index in [9.17, 15) is 5.26 Å². The van der Waals surface area contributed by atoms with Gasteiger partial charge in [-0.3, -0.25) is 0 Å². The van der Waals surface area contributed by atoms with E-state index in [1.54, 1.807) is 18.3 Å². The van der Waals surface area contributed by atoms with Gasteiger partial charge >= 0.3 is 0 Å². The molecule has 1 N–H and O–H groups in total. The molecule has 0 spiro atoms. The molecule has 3 aromatic rings. The quantitative estimate of drug-likeness (QED) is 0.545. The van der Waals surface area contributed by atoms with Gasteiger partial charge in [0, 0.05) is 27.9 Å². The summed E-state index contributed by atoms with van der Waals surface area (Å²) < 4.78 is 5.45. The predicted octanol–water partition coefficient (Wildman–Crippen LogP) is 5.84. The predicted molar refractivity (Wildman–Crippen MR) is 107 cm³/mol. The fourth-order valence-electron chi connectivity index (χ4n) is 2.26. The van der Waals surface area contributed by atoms with E-state index in [-0.39, 0.29) is 0 Å². The first-order chi connectivity index (χ1) is 12.7. The van der Waals surface area contributed by atoms with Crippen LogP contribution in [0.1, 0.15) is 11.9 Å². The van der Waals surface area contributed by atoms with Crippen molar-refractivity contribution in [1.29, 1.82) is 5.26 Å². The van der Waals surface area contributed by atoms with Crippen LogP contribution in [0.3, 0.4) is 0 Å². The molecule has 0 radical (unpaired) electrons. The Hall–Kier alpha value is -2.81. The molecule has 0 atom stereocenters. The maximum Gasteiger partial charge on any atom is 0.136 e. The van der Waals surface area contributed by atoms with Gasteiger partial charge in [-0.05, 0) is 55.5 Å². The first kappa shape index (κ1) is 18.0. The maximum absolute atomic E-state index is 9.45. The molecular weight excluding hydrogens is 366 g/mol. The van der Waals surface area contributed by atoms with Crippen molar-refractivity contribution < 1.29 is 4.74 Å². The van der Waals surface area contributed by atoms with Gasteiger partial charge in [-0.1, -0.05) is 11.6 Å². The average Bonchev–Trinajstić information content (AvgIpc) is 3.15. The van der Waals surface area contributed by atoms with Crippen LogP contribution >= 0.6 is 22.9 Å². The fourth-order valence-corrected chi connectivity index (χ4v) is 3.18. The summed E-state index contributed by atoms with van der Waals surface area (Å²) in [6, 6.07) is 17.2. The number of hydrogen-bond donors (Lipinski definition) is 1. The van der Waals surface area contributed by atoms with Crippen LogP contribution in [0.4, 0.5) is 5.69 Å². The molecule has 0 unspecified atom stereocenters. The lowest BCUT2D eigenvalue weighted by molar-refractivity contribution is 0.340. The van der Waals surface area contributed by atoms with Crippen LogP contribution in [-0.2, 0) is 0 Å². The summed E-state index contributed by atoms with van der Waals surface area (Å²) in [5.41, 5.74) is 3.15. The molecule has 0 aliphatic rings. The molecule has 0 saturated carbocycles. The molecule has 1 aromatic heterocycles. The van der Waals surface area contributed by atoms with E-state index in [1.165, 1.54) is 11.3 Å². The van der Waals surface area contributed by atoms with Gasteiger partial charge in [-0.25, -0.2) is 4.98 Å². The highest BCUT2D eigenvalue weighted by molar-refractivity contribution is 7.11. The van der Waals surface area contributed by atoms with Gasteiger partial charge in [-0.2, -0.15) is 5.26 Å². The third-order valence-electron chi connectivity index (χ3n) is 3.54. The lowest BCUT2D eigenvalue weighted by Crippen LogP contribution is -1.91. The molecule has 0 aliphatic heterocycles. The van der Waals surface area contributed by atoms with Crippen molar-refractivity contribution in [2.45, 2.75) is 6.92 Å². The Morgan fingerprint density at radius 2 is 1.96 bits per heavy atom. The lowest BCUT2D eigenvalue weighted by atomic mass is 10.2. The van der Waals surface area contributed by atoms with Gasteiger partial charge in [0.25, 0.3) is 0 Å². The zero-order valence-corrected chi connectivity index (χ0v) is 15.6.